The van der Waals surface area contributed by atoms with Crippen LogP contribution in [0.3, 0.4) is 0 Å². The molecule has 0 saturated heterocycles. The molecule has 0 atom stereocenters. The smallest absolute Gasteiger partial charge is 0.408 e. The summed E-state index contributed by atoms with van der Waals surface area (Å²) < 4.78 is 6.74. The number of benzene rings is 1. The first kappa shape index (κ1) is 10.6. The van der Waals surface area contributed by atoms with Gasteiger partial charge >= 0.3 is 5.76 Å². The second-order valence-corrected chi connectivity index (χ2v) is 4.01. The summed E-state index contributed by atoms with van der Waals surface area (Å²) in [5.41, 5.74) is 7.89. The quantitative estimate of drug-likeness (QED) is 0.739. The number of hydrogen-bond acceptors (Lipinski definition) is 4. The van der Waals surface area contributed by atoms with Gasteiger partial charge in [0.15, 0.2) is 5.58 Å². The summed E-state index contributed by atoms with van der Waals surface area (Å²) in [6.07, 6.45) is 1.62. The van der Waals surface area contributed by atoms with Gasteiger partial charge in [-0.3, -0.25) is 4.57 Å². The van der Waals surface area contributed by atoms with Gasteiger partial charge in [-0.2, -0.15) is 0 Å². The van der Waals surface area contributed by atoms with Crippen LogP contribution in [0.1, 0.15) is 5.56 Å². The molecule has 5 heteroatoms. The Bertz CT molecular complexity index is 758. The van der Waals surface area contributed by atoms with Crippen LogP contribution in [0.5, 0.6) is 0 Å². The van der Waals surface area contributed by atoms with E-state index in [2.05, 4.69) is 4.98 Å². The van der Waals surface area contributed by atoms with Crippen molar-refractivity contribution in [2.24, 2.45) is 0 Å². The number of rotatable bonds is 2. The lowest BCUT2D eigenvalue weighted by atomic mass is 10.2. The number of hydrogen-bond donors (Lipinski definition) is 1. The number of para-hydroxylation sites is 2. The molecule has 3 aromatic rings. The number of nitrogen functional groups attached to an aromatic ring is 1. The van der Waals surface area contributed by atoms with E-state index in [1.54, 1.807) is 22.9 Å². The van der Waals surface area contributed by atoms with Gasteiger partial charge in [0.25, 0.3) is 0 Å². The Kier molecular flexibility index (Phi) is 2.37. The number of nitrogens with zero attached hydrogens (tertiary/aromatic N) is 2. The lowest BCUT2D eigenvalue weighted by molar-refractivity contribution is 0.517. The van der Waals surface area contributed by atoms with Crippen LogP contribution in [0, 0.1) is 0 Å². The van der Waals surface area contributed by atoms with Crippen LogP contribution in [0.25, 0.3) is 11.1 Å². The fourth-order valence-electron chi connectivity index (χ4n) is 1.94. The molecule has 0 aliphatic rings. The number of oxazole rings is 1. The zero-order valence-electron chi connectivity index (χ0n) is 9.54. The van der Waals surface area contributed by atoms with E-state index in [9.17, 15) is 4.79 Å². The second kappa shape index (κ2) is 4.03. The van der Waals surface area contributed by atoms with Crippen LogP contribution in [0.4, 0.5) is 5.82 Å². The highest BCUT2D eigenvalue weighted by atomic mass is 16.4. The van der Waals surface area contributed by atoms with E-state index >= 15 is 0 Å². The highest BCUT2D eigenvalue weighted by molar-refractivity contribution is 5.72. The summed E-state index contributed by atoms with van der Waals surface area (Å²) in [7, 11) is 0. The normalized spacial score (nSPS) is 10.9. The largest absolute Gasteiger partial charge is 0.420 e. The van der Waals surface area contributed by atoms with E-state index < -0.39 is 0 Å². The highest BCUT2D eigenvalue weighted by Crippen LogP contribution is 2.14. The zero-order valence-corrected chi connectivity index (χ0v) is 9.54. The average Bonchev–Trinajstić information content (AvgIpc) is 2.66. The molecule has 2 N–H and O–H groups in total. The van der Waals surface area contributed by atoms with Crippen molar-refractivity contribution < 1.29 is 4.42 Å². The third-order valence-corrected chi connectivity index (χ3v) is 2.76. The lowest BCUT2D eigenvalue weighted by Crippen LogP contribution is -2.15. The van der Waals surface area contributed by atoms with Gasteiger partial charge in [0.1, 0.15) is 5.82 Å². The minimum atomic E-state index is -0.369. The van der Waals surface area contributed by atoms with Gasteiger partial charge in [0.2, 0.25) is 0 Å². The van der Waals surface area contributed by atoms with Gasteiger partial charge in [0.05, 0.1) is 12.1 Å². The maximum Gasteiger partial charge on any atom is 0.420 e. The van der Waals surface area contributed by atoms with Crippen LogP contribution < -0.4 is 11.5 Å². The second-order valence-electron chi connectivity index (χ2n) is 4.01. The van der Waals surface area contributed by atoms with E-state index in [1.165, 1.54) is 0 Å². The maximum atomic E-state index is 11.8. The minimum Gasteiger partial charge on any atom is -0.408 e. The van der Waals surface area contributed by atoms with Crippen molar-refractivity contribution in [3.05, 3.63) is 58.7 Å². The summed E-state index contributed by atoms with van der Waals surface area (Å²) in [4.78, 5) is 15.7. The predicted octanol–water partition coefficient (Wildman–Crippen LogP) is 1.62. The Balaban J connectivity index is 2.10. The van der Waals surface area contributed by atoms with Crippen molar-refractivity contribution in [3.8, 4) is 0 Å². The van der Waals surface area contributed by atoms with E-state index in [0.717, 1.165) is 11.1 Å². The molecule has 0 amide bonds. The molecule has 18 heavy (non-hydrogen) atoms. The van der Waals surface area contributed by atoms with Gasteiger partial charge < -0.3 is 10.2 Å². The van der Waals surface area contributed by atoms with Crippen LogP contribution in [0.2, 0.25) is 0 Å². The summed E-state index contributed by atoms with van der Waals surface area (Å²) >= 11 is 0. The van der Waals surface area contributed by atoms with E-state index in [0.29, 0.717) is 17.9 Å². The van der Waals surface area contributed by atoms with Crippen LogP contribution in [0.15, 0.2) is 51.8 Å². The Morgan fingerprint density at radius 1 is 1.28 bits per heavy atom. The molecule has 2 aromatic heterocycles. The minimum absolute atomic E-state index is 0.369. The predicted molar refractivity (Wildman–Crippen MR) is 68.2 cm³/mol. The topological polar surface area (TPSA) is 74.0 Å². The molecule has 0 aliphatic heterocycles. The molecular weight excluding hydrogens is 230 g/mol. The first-order chi connectivity index (χ1) is 8.74. The van der Waals surface area contributed by atoms with Crippen molar-refractivity contribution in [3.63, 3.8) is 0 Å². The van der Waals surface area contributed by atoms with Crippen molar-refractivity contribution in [1.29, 1.82) is 0 Å². The van der Waals surface area contributed by atoms with Crippen LogP contribution >= 0.6 is 0 Å². The third kappa shape index (κ3) is 1.75. The molecule has 3 rings (SSSR count). The Morgan fingerprint density at radius 3 is 2.94 bits per heavy atom. The number of pyridine rings is 1. The molecule has 90 valence electrons. The van der Waals surface area contributed by atoms with E-state index in [4.69, 9.17) is 10.2 Å². The molecule has 0 spiro atoms. The van der Waals surface area contributed by atoms with E-state index in [1.807, 2.05) is 24.3 Å². The summed E-state index contributed by atoms with van der Waals surface area (Å²) in [6, 6.07) is 10.9. The van der Waals surface area contributed by atoms with Crippen molar-refractivity contribution in [1.82, 2.24) is 9.55 Å². The molecule has 5 nitrogen and oxygen atoms in total. The first-order valence-electron chi connectivity index (χ1n) is 5.53. The summed E-state index contributed by atoms with van der Waals surface area (Å²) in [5, 5.41) is 0. The van der Waals surface area contributed by atoms with Gasteiger partial charge in [-0.05, 0) is 29.8 Å². The van der Waals surface area contributed by atoms with Crippen LogP contribution in [-0.2, 0) is 6.54 Å². The standard InChI is InChI=1S/C13H11N3O2/c14-12-7-9(5-6-15-12)8-16-10-3-1-2-4-11(10)18-13(16)17/h1-7H,8H2,(H2,14,15). The summed E-state index contributed by atoms with van der Waals surface area (Å²) in [6.45, 7) is 0.419. The van der Waals surface area contributed by atoms with Crippen LogP contribution in [-0.4, -0.2) is 9.55 Å². The van der Waals surface area contributed by atoms with Crippen molar-refractivity contribution >= 4 is 16.9 Å². The third-order valence-electron chi connectivity index (χ3n) is 2.76. The monoisotopic (exact) mass is 241 g/mol. The molecule has 0 radical (unpaired) electrons. The number of nitrogens with two attached hydrogens (primary N) is 1. The average molecular weight is 241 g/mol. The SMILES string of the molecule is Nc1cc(Cn2c(=O)oc3ccccc32)ccn1. The van der Waals surface area contributed by atoms with Gasteiger partial charge in [-0.25, -0.2) is 9.78 Å². The molecule has 2 heterocycles. The maximum absolute atomic E-state index is 11.8. The fourth-order valence-corrected chi connectivity index (χ4v) is 1.94. The molecule has 0 aliphatic carbocycles. The molecule has 0 fully saturated rings. The van der Waals surface area contributed by atoms with Gasteiger partial charge in [0, 0.05) is 6.20 Å². The zero-order chi connectivity index (χ0) is 12.5. The highest BCUT2D eigenvalue weighted by Gasteiger charge is 2.08. The molecule has 1 aromatic carbocycles. The van der Waals surface area contributed by atoms with Gasteiger partial charge in [-0.1, -0.05) is 12.1 Å². The lowest BCUT2D eigenvalue weighted by Gasteiger charge is -2.02. The Hall–Kier alpha value is -2.56. The van der Waals surface area contributed by atoms with Gasteiger partial charge in [-0.15, -0.1) is 0 Å². The van der Waals surface area contributed by atoms with Crippen molar-refractivity contribution in [2.45, 2.75) is 6.54 Å². The molecule has 0 bridgehead atoms. The summed E-state index contributed by atoms with van der Waals surface area (Å²) in [5.74, 6) is 0.0694. The molecular formula is C13H11N3O2. The molecule has 0 saturated carbocycles. The first-order valence-corrected chi connectivity index (χ1v) is 5.53. The molecule has 0 unspecified atom stereocenters. The Morgan fingerprint density at radius 2 is 2.11 bits per heavy atom. The number of fused-ring (bicyclic) bond motifs is 1. The fraction of sp³-hybridized carbons (Fsp3) is 0.0769. The van der Waals surface area contributed by atoms with E-state index in [-0.39, 0.29) is 5.76 Å². The van der Waals surface area contributed by atoms with Crippen molar-refractivity contribution in [2.75, 3.05) is 5.73 Å². The number of anilines is 1. The Labute approximate surface area is 102 Å². The number of aromatic nitrogens is 2.